The molecule has 0 saturated heterocycles. The highest BCUT2D eigenvalue weighted by Gasteiger charge is 2.07. The first kappa shape index (κ1) is 11.0. The summed E-state index contributed by atoms with van der Waals surface area (Å²) in [5.41, 5.74) is 1.68. The number of aromatic nitrogens is 3. The van der Waals surface area contributed by atoms with Gasteiger partial charge in [-0.25, -0.2) is 4.40 Å². The molecule has 0 aliphatic rings. The highest BCUT2D eigenvalue weighted by molar-refractivity contribution is 6.30. The van der Waals surface area contributed by atoms with Crippen molar-refractivity contribution < 1.29 is 0 Å². The quantitative estimate of drug-likeness (QED) is 0.768. The van der Waals surface area contributed by atoms with Gasteiger partial charge in [-0.05, 0) is 23.8 Å². The number of hydrogen-bond acceptors (Lipinski definition) is 2. The van der Waals surface area contributed by atoms with E-state index >= 15 is 0 Å². The van der Waals surface area contributed by atoms with E-state index in [1.807, 2.05) is 30.3 Å². The average Bonchev–Trinajstić information content (AvgIpc) is 2.77. The summed E-state index contributed by atoms with van der Waals surface area (Å²) >= 11 is 5.84. The molecule has 3 rings (SSSR count). The SMILES string of the molecule is O=c1cccc2[nH]nc(Cc3ccc(Cl)cc3)n12. The molecular weight excluding hydrogens is 250 g/mol. The summed E-state index contributed by atoms with van der Waals surface area (Å²) in [5, 5.41) is 7.72. The van der Waals surface area contributed by atoms with Crippen molar-refractivity contribution >= 4 is 17.2 Å². The Kier molecular flexibility index (Phi) is 2.64. The van der Waals surface area contributed by atoms with Crippen molar-refractivity contribution in [2.45, 2.75) is 6.42 Å². The minimum Gasteiger partial charge on any atom is -0.269 e. The van der Waals surface area contributed by atoms with Gasteiger partial charge in [-0.1, -0.05) is 29.8 Å². The lowest BCUT2D eigenvalue weighted by atomic mass is 10.1. The van der Waals surface area contributed by atoms with E-state index in [1.165, 1.54) is 6.07 Å². The lowest BCUT2D eigenvalue weighted by Crippen LogP contribution is -2.13. The smallest absolute Gasteiger partial charge is 0.257 e. The summed E-state index contributed by atoms with van der Waals surface area (Å²) in [6.45, 7) is 0. The second-order valence-corrected chi connectivity index (χ2v) is 4.46. The van der Waals surface area contributed by atoms with Crippen LogP contribution in [-0.2, 0) is 6.42 Å². The Balaban J connectivity index is 2.05. The molecular formula is C13H10ClN3O. The van der Waals surface area contributed by atoms with Crippen LogP contribution in [0.5, 0.6) is 0 Å². The normalized spacial score (nSPS) is 10.9. The van der Waals surface area contributed by atoms with Crippen molar-refractivity contribution in [2.75, 3.05) is 0 Å². The van der Waals surface area contributed by atoms with Crippen LogP contribution < -0.4 is 5.56 Å². The van der Waals surface area contributed by atoms with Crippen LogP contribution in [0.3, 0.4) is 0 Å². The lowest BCUT2D eigenvalue weighted by molar-refractivity contribution is 0.917. The van der Waals surface area contributed by atoms with Gasteiger partial charge in [0.15, 0.2) is 0 Å². The molecule has 0 radical (unpaired) electrons. The Hall–Kier alpha value is -2.07. The Morgan fingerprint density at radius 3 is 2.72 bits per heavy atom. The van der Waals surface area contributed by atoms with Crippen LogP contribution in [0, 0.1) is 0 Å². The number of H-pyrrole nitrogens is 1. The van der Waals surface area contributed by atoms with Crippen molar-refractivity contribution in [1.29, 1.82) is 0 Å². The number of halogens is 1. The topological polar surface area (TPSA) is 50.2 Å². The average molecular weight is 260 g/mol. The molecule has 3 aromatic rings. The van der Waals surface area contributed by atoms with Crippen LogP contribution in [-0.4, -0.2) is 14.6 Å². The van der Waals surface area contributed by atoms with Crippen molar-refractivity contribution in [3.05, 3.63) is 69.2 Å². The van der Waals surface area contributed by atoms with Gasteiger partial charge in [-0.3, -0.25) is 9.89 Å². The second-order valence-electron chi connectivity index (χ2n) is 4.03. The molecule has 1 N–H and O–H groups in total. The highest BCUT2D eigenvalue weighted by Crippen LogP contribution is 2.12. The molecule has 0 atom stereocenters. The first-order valence-corrected chi connectivity index (χ1v) is 5.91. The van der Waals surface area contributed by atoms with Crippen LogP contribution in [0.2, 0.25) is 5.02 Å². The highest BCUT2D eigenvalue weighted by atomic mass is 35.5. The summed E-state index contributed by atoms with van der Waals surface area (Å²) in [4.78, 5) is 11.8. The zero-order valence-corrected chi connectivity index (χ0v) is 10.2. The zero-order valence-electron chi connectivity index (χ0n) is 9.43. The van der Waals surface area contributed by atoms with Crippen LogP contribution in [0.4, 0.5) is 0 Å². The molecule has 0 fully saturated rings. The minimum absolute atomic E-state index is 0.0785. The van der Waals surface area contributed by atoms with Gasteiger partial charge in [0, 0.05) is 17.5 Å². The standard InChI is InChI=1S/C13H10ClN3O/c14-10-6-4-9(5-7-10)8-12-16-15-11-2-1-3-13(18)17(11)12/h1-7,15H,8H2. The van der Waals surface area contributed by atoms with E-state index in [2.05, 4.69) is 10.2 Å². The third-order valence-corrected chi connectivity index (χ3v) is 3.04. The van der Waals surface area contributed by atoms with E-state index in [1.54, 1.807) is 10.5 Å². The Morgan fingerprint density at radius 2 is 1.94 bits per heavy atom. The number of pyridine rings is 1. The van der Waals surface area contributed by atoms with Gasteiger partial charge >= 0.3 is 0 Å². The van der Waals surface area contributed by atoms with Crippen LogP contribution in [0.15, 0.2) is 47.3 Å². The van der Waals surface area contributed by atoms with E-state index in [0.29, 0.717) is 22.9 Å². The summed E-state index contributed by atoms with van der Waals surface area (Å²) in [6, 6.07) is 12.6. The van der Waals surface area contributed by atoms with Gasteiger partial charge in [0.1, 0.15) is 11.5 Å². The molecule has 90 valence electrons. The summed E-state index contributed by atoms with van der Waals surface area (Å²) in [7, 11) is 0. The fourth-order valence-electron chi connectivity index (χ4n) is 1.92. The molecule has 2 aromatic heterocycles. The maximum absolute atomic E-state index is 11.8. The van der Waals surface area contributed by atoms with Gasteiger partial charge in [-0.2, -0.15) is 5.10 Å². The van der Waals surface area contributed by atoms with Crippen LogP contribution >= 0.6 is 11.6 Å². The molecule has 0 aliphatic heterocycles. The number of fused-ring (bicyclic) bond motifs is 1. The van der Waals surface area contributed by atoms with Gasteiger partial charge in [0.2, 0.25) is 0 Å². The predicted molar refractivity (Wildman–Crippen MR) is 70.1 cm³/mol. The molecule has 0 unspecified atom stereocenters. The lowest BCUT2D eigenvalue weighted by Gasteiger charge is -2.00. The maximum atomic E-state index is 11.8. The Bertz CT molecular complexity index is 743. The van der Waals surface area contributed by atoms with E-state index in [9.17, 15) is 4.79 Å². The van der Waals surface area contributed by atoms with Gasteiger partial charge in [-0.15, -0.1) is 0 Å². The second kappa shape index (κ2) is 4.31. The van der Waals surface area contributed by atoms with Crippen molar-refractivity contribution in [3.63, 3.8) is 0 Å². The van der Waals surface area contributed by atoms with E-state index in [0.717, 1.165) is 5.56 Å². The fourth-order valence-corrected chi connectivity index (χ4v) is 2.04. The first-order valence-electron chi connectivity index (χ1n) is 5.53. The van der Waals surface area contributed by atoms with Crippen molar-refractivity contribution in [1.82, 2.24) is 14.6 Å². The molecule has 0 aliphatic carbocycles. The predicted octanol–water partition coefficient (Wildman–Crippen LogP) is 2.27. The molecule has 4 nitrogen and oxygen atoms in total. The largest absolute Gasteiger partial charge is 0.269 e. The number of nitrogens with zero attached hydrogens (tertiary/aromatic N) is 2. The summed E-state index contributed by atoms with van der Waals surface area (Å²) in [6.07, 6.45) is 0.584. The van der Waals surface area contributed by atoms with Crippen molar-refractivity contribution in [3.8, 4) is 0 Å². The Morgan fingerprint density at radius 1 is 1.17 bits per heavy atom. The molecule has 1 aromatic carbocycles. The first-order chi connectivity index (χ1) is 8.74. The number of nitrogens with one attached hydrogen (secondary N) is 1. The maximum Gasteiger partial charge on any atom is 0.257 e. The monoisotopic (exact) mass is 259 g/mol. The van der Waals surface area contributed by atoms with Gasteiger partial charge in [0.25, 0.3) is 5.56 Å². The van der Waals surface area contributed by atoms with Crippen LogP contribution in [0.25, 0.3) is 5.65 Å². The molecule has 5 heteroatoms. The third kappa shape index (κ3) is 1.91. The summed E-state index contributed by atoms with van der Waals surface area (Å²) in [5.74, 6) is 0.693. The molecule has 2 heterocycles. The molecule has 0 saturated carbocycles. The van der Waals surface area contributed by atoms with E-state index in [4.69, 9.17) is 11.6 Å². The minimum atomic E-state index is -0.0785. The van der Waals surface area contributed by atoms with E-state index in [-0.39, 0.29) is 5.56 Å². The Labute approximate surface area is 108 Å². The van der Waals surface area contributed by atoms with E-state index < -0.39 is 0 Å². The number of rotatable bonds is 2. The number of hydrogen-bond donors (Lipinski definition) is 1. The van der Waals surface area contributed by atoms with Crippen molar-refractivity contribution in [2.24, 2.45) is 0 Å². The van der Waals surface area contributed by atoms with Gasteiger partial charge < -0.3 is 0 Å². The third-order valence-electron chi connectivity index (χ3n) is 2.79. The fraction of sp³-hybridized carbons (Fsp3) is 0.0769. The molecule has 0 spiro atoms. The zero-order chi connectivity index (χ0) is 12.5. The molecule has 0 bridgehead atoms. The number of benzene rings is 1. The molecule has 0 amide bonds. The van der Waals surface area contributed by atoms with Gasteiger partial charge in [0.05, 0.1) is 0 Å². The number of aromatic amines is 1. The summed E-state index contributed by atoms with van der Waals surface area (Å²) < 4.78 is 1.58. The molecule has 18 heavy (non-hydrogen) atoms. The van der Waals surface area contributed by atoms with Crippen LogP contribution in [0.1, 0.15) is 11.4 Å².